The zero-order chi connectivity index (χ0) is 19.4. The zero-order valence-corrected chi connectivity index (χ0v) is 16.5. The van der Waals surface area contributed by atoms with E-state index >= 15 is 0 Å². The standard InChI is InChI=1S/C18H24N4O4S/c1-21(2)27(23,24)22-11-7-14(8-12-22)17-18(20-10-9-19-17)26-16-6-4-5-15(13-16)25-3/h4-6,9-10,13-14H,7-8,11-12H2,1-3H3. The van der Waals surface area contributed by atoms with E-state index < -0.39 is 10.2 Å². The Balaban J connectivity index is 1.75. The van der Waals surface area contributed by atoms with E-state index in [4.69, 9.17) is 9.47 Å². The maximum absolute atomic E-state index is 12.3. The molecule has 1 saturated heterocycles. The molecule has 0 aliphatic carbocycles. The molecule has 1 aliphatic heterocycles. The molecule has 0 amide bonds. The van der Waals surface area contributed by atoms with Crippen LogP contribution in [0.2, 0.25) is 0 Å². The topological polar surface area (TPSA) is 84.9 Å². The average Bonchev–Trinajstić information content (AvgIpc) is 2.68. The van der Waals surface area contributed by atoms with Crippen molar-refractivity contribution in [1.82, 2.24) is 18.6 Å². The first-order valence-corrected chi connectivity index (χ1v) is 10.1. The second-order valence-corrected chi connectivity index (χ2v) is 8.63. The van der Waals surface area contributed by atoms with Gasteiger partial charge in [0.1, 0.15) is 17.2 Å². The van der Waals surface area contributed by atoms with E-state index in [0.717, 1.165) is 5.69 Å². The van der Waals surface area contributed by atoms with E-state index in [1.165, 1.54) is 8.61 Å². The first-order chi connectivity index (χ1) is 12.9. The minimum absolute atomic E-state index is 0.0907. The van der Waals surface area contributed by atoms with Gasteiger partial charge in [-0.2, -0.15) is 17.0 Å². The summed E-state index contributed by atoms with van der Waals surface area (Å²) >= 11 is 0. The van der Waals surface area contributed by atoms with Crippen molar-refractivity contribution in [3.05, 3.63) is 42.4 Å². The van der Waals surface area contributed by atoms with Gasteiger partial charge >= 0.3 is 0 Å². The maximum Gasteiger partial charge on any atom is 0.281 e. The highest BCUT2D eigenvalue weighted by atomic mass is 32.2. The number of hydrogen-bond acceptors (Lipinski definition) is 6. The fourth-order valence-corrected chi connectivity index (χ4v) is 4.20. The number of nitrogens with zero attached hydrogens (tertiary/aromatic N) is 4. The lowest BCUT2D eigenvalue weighted by Crippen LogP contribution is -2.44. The molecule has 2 aromatic rings. The number of rotatable bonds is 6. The lowest BCUT2D eigenvalue weighted by molar-refractivity contribution is 0.295. The van der Waals surface area contributed by atoms with E-state index in [-0.39, 0.29) is 5.92 Å². The van der Waals surface area contributed by atoms with Gasteiger partial charge < -0.3 is 9.47 Å². The molecule has 9 heteroatoms. The zero-order valence-electron chi connectivity index (χ0n) is 15.7. The second kappa shape index (κ2) is 8.20. The van der Waals surface area contributed by atoms with Crippen LogP contribution in [0.25, 0.3) is 0 Å². The largest absolute Gasteiger partial charge is 0.497 e. The van der Waals surface area contributed by atoms with Gasteiger partial charge in [0.05, 0.1) is 7.11 Å². The molecule has 1 aliphatic rings. The number of aromatic nitrogens is 2. The van der Waals surface area contributed by atoms with Crippen molar-refractivity contribution in [3.63, 3.8) is 0 Å². The summed E-state index contributed by atoms with van der Waals surface area (Å²) < 4.78 is 38.5. The molecule has 0 N–H and O–H groups in total. The van der Waals surface area contributed by atoms with Crippen LogP contribution in [-0.4, -0.2) is 61.3 Å². The van der Waals surface area contributed by atoms with E-state index in [1.807, 2.05) is 18.2 Å². The molecule has 1 aromatic heterocycles. The highest BCUT2D eigenvalue weighted by molar-refractivity contribution is 7.86. The van der Waals surface area contributed by atoms with Crippen molar-refractivity contribution in [2.24, 2.45) is 0 Å². The summed E-state index contributed by atoms with van der Waals surface area (Å²) in [4.78, 5) is 8.80. The summed E-state index contributed by atoms with van der Waals surface area (Å²) in [6, 6.07) is 7.29. The molecule has 146 valence electrons. The number of hydrogen-bond donors (Lipinski definition) is 0. The van der Waals surface area contributed by atoms with Crippen LogP contribution in [0.15, 0.2) is 36.7 Å². The lowest BCUT2D eigenvalue weighted by atomic mass is 9.94. The molecule has 0 unspecified atom stereocenters. The predicted molar refractivity (Wildman–Crippen MR) is 101 cm³/mol. The number of piperidine rings is 1. The van der Waals surface area contributed by atoms with E-state index in [0.29, 0.717) is 43.3 Å². The Morgan fingerprint density at radius 3 is 2.44 bits per heavy atom. The summed E-state index contributed by atoms with van der Waals surface area (Å²) in [5, 5.41) is 0. The molecule has 0 spiro atoms. The SMILES string of the molecule is COc1cccc(Oc2nccnc2C2CCN(S(=O)(=O)N(C)C)CC2)c1. The first kappa shape index (κ1) is 19.5. The van der Waals surface area contributed by atoms with Crippen molar-refractivity contribution in [2.75, 3.05) is 34.3 Å². The van der Waals surface area contributed by atoms with Crippen LogP contribution < -0.4 is 9.47 Å². The second-order valence-electron chi connectivity index (χ2n) is 6.49. The highest BCUT2D eigenvalue weighted by Crippen LogP contribution is 2.34. The summed E-state index contributed by atoms with van der Waals surface area (Å²) in [5.41, 5.74) is 0.752. The Bertz CT molecular complexity index is 880. The minimum Gasteiger partial charge on any atom is -0.497 e. The normalized spacial score (nSPS) is 16.4. The molecule has 3 rings (SSSR count). The molecule has 2 heterocycles. The van der Waals surface area contributed by atoms with Gasteiger partial charge in [0.25, 0.3) is 10.2 Å². The van der Waals surface area contributed by atoms with E-state index in [1.54, 1.807) is 39.7 Å². The Hall–Kier alpha value is -2.23. The van der Waals surface area contributed by atoms with Crippen LogP contribution in [0.3, 0.4) is 0 Å². The van der Waals surface area contributed by atoms with E-state index in [9.17, 15) is 8.42 Å². The predicted octanol–water partition coefficient (Wildman–Crippen LogP) is 2.26. The van der Waals surface area contributed by atoms with Crippen LogP contribution in [0.1, 0.15) is 24.5 Å². The number of benzene rings is 1. The van der Waals surface area contributed by atoms with Crippen LogP contribution in [0.5, 0.6) is 17.4 Å². The lowest BCUT2D eigenvalue weighted by Gasteiger charge is -2.32. The monoisotopic (exact) mass is 392 g/mol. The molecule has 0 atom stereocenters. The Kier molecular flexibility index (Phi) is 5.93. The third-order valence-electron chi connectivity index (χ3n) is 4.58. The summed E-state index contributed by atoms with van der Waals surface area (Å²) in [6.45, 7) is 0.890. The fourth-order valence-electron chi connectivity index (χ4n) is 3.06. The van der Waals surface area contributed by atoms with Gasteiger partial charge in [-0.15, -0.1) is 0 Å². The number of methoxy groups -OCH3 is 1. The van der Waals surface area contributed by atoms with Crippen LogP contribution >= 0.6 is 0 Å². The average molecular weight is 392 g/mol. The molecular formula is C18H24N4O4S. The quantitative estimate of drug-likeness (QED) is 0.750. The van der Waals surface area contributed by atoms with Gasteiger partial charge in [-0.1, -0.05) is 6.07 Å². The summed E-state index contributed by atoms with van der Waals surface area (Å²) in [7, 11) is 1.30. The van der Waals surface area contributed by atoms with Crippen molar-refractivity contribution < 1.29 is 17.9 Å². The third kappa shape index (κ3) is 4.37. The fraction of sp³-hybridized carbons (Fsp3) is 0.444. The van der Waals surface area contributed by atoms with Gasteiger partial charge in [-0.05, 0) is 25.0 Å². The molecule has 1 fully saturated rings. The van der Waals surface area contributed by atoms with Crippen molar-refractivity contribution >= 4 is 10.2 Å². The first-order valence-electron chi connectivity index (χ1n) is 8.72. The van der Waals surface area contributed by atoms with Crippen molar-refractivity contribution in [2.45, 2.75) is 18.8 Å². The van der Waals surface area contributed by atoms with Crippen molar-refractivity contribution in [1.29, 1.82) is 0 Å². The van der Waals surface area contributed by atoms with Crippen LogP contribution in [0.4, 0.5) is 0 Å². The molecular weight excluding hydrogens is 368 g/mol. The maximum atomic E-state index is 12.3. The van der Waals surface area contributed by atoms with Crippen LogP contribution in [0, 0.1) is 0 Å². The Morgan fingerprint density at radius 1 is 1.11 bits per heavy atom. The van der Waals surface area contributed by atoms with E-state index in [2.05, 4.69) is 9.97 Å². The molecule has 8 nitrogen and oxygen atoms in total. The molecule has 1 aromatic carbocycles. The molecule has 27 heavy (non-hydrogen) atoms. The van der Waals surface area contributed by atoms with Gasteiger partial charge in [0.15, 0.2) is 0 Å². The number of ether oxygens (including phenoxy) is 2. The molecule has 0 radical (unpaired) electrons. The van der Waals surface area contributed by atoms with Crippen molar-refractivity contribution in [3.8, 4) is 17.4 Å². The Labute approximate surface area is 159 Å². The van der Waals surface area contributed by atoms with Gasteiger partial charge in [-0.25, -0.2) is 4.98 Å². The Morgan fingerprint density at radius 2 is 1.78 bits per heavy atom. The highest BCUT2D eigenvalue weighted by Gasteiger charge is 2.32. The van der Waals surface area contributed by atoms with Gasteiger partial charge in [-0.3, -0.25) is 4.98 Å². The van der Waals surface area contributed by atoms with Crippen LogP contribution in [-0.2, 0) is 10.2 Å². The van der Waals surface area contributed by atoms with Gasteiger partial charge in [0.2, 0.25) is 5.88 Å². The third-order valence-corrected chi connectivity index (χ3v) is 6.52. The smallest absolute Gasteiger partial charge is 0.281 e. The minimum atomic E-state index is -3.39. The van der Waals surface area contributed by atoms with Gasteiger partial charge in [0, 0.05) is 51.6 Å². The molecule has 0 saturated carbocycles. The summed E-state index contributed by atoms with van der Waals surface area (Å²) in [5.74, 6) is 1.84. The molecule has 0 bridgehead atoms. The summed E-state index contributed by atoms with van der Waals surface area (Å²) in [6.07, 6.45) is 4.56.